The highest BCUT2D eigenvalue weighted by molar-refractivity contribution is 7.16. The lowest BCUT2D eigenvalue weighted by Gasteiger charge is -2.02. The molecule has 3 aromatic rings. The van der Waals surface area contributed by atoms with Crippen LogP contribution in [0, 0.1) is 0 Å². The molecular weight excluding hydrogens is 272 g/mol. The first kappa shape index (κ1) is 13.1. The number of hydrogen-bond acceptors (Lipinski definition) is 1. The van der Waals surface area contributed by atoms with Gasteiger partial charge in [0.05, 0.1) is 0 Å². The van der Waals surface area contributed by atoms with E-state index in [9.17, 15) is 0 Å². The van der Waals surface area contributed by atoms with Crippen LogP contribution in [0.1, 0.15) is 37.5 Å². The first-order valence-corrected chi connectivity index (χ1v) is 8.85. The highest BCUT2D eigenvalue weighted by Gasteiger charge is 2.23. The maximum atomic E-state index is 2.45. The van der Waals surface area contributed by atoms with E-state index in [1.807, 2.05) is 11.3 Å². The Balaban J connectivity index is 1.70. The van der Waals surface area contributed by atoms with Crippen molar-refractivity contribution < 1.29 is 0 Å². The number of hydrogen-bond donors (Lipinski definition) is 0. The van der Waals surface area contributed by atoms with Crippen molar-refractivity contribution in [3.63, 3.8) is 0 Å². The molecule has 0 saturated heterocycles. The van der Waals surface area contributed by atoms with Crippen LogP contribution in [0.3, 0.4) is 0 Å². The van der Waals surface area contributed by atoms with Crippen LogP contribution in [0.5, 0.6) is 0 Å². The maximum absolute atomic E-state index is 2.45. The molecule has 2 aromatic carbocycles. The first-order valence-electron chi connectivity index (χ1n) is 8.03. The van der Waals surface area contributed by atoms with Gasteiger partial charge in [0.1, 0.15) is 0 Å². The van der Waals surface area contributed by atoms with Gasteiger partial charge in [0.25, 0.3) is 0 Å². The standard InChI is InChI=1S/C20H20S/c1-2-3-4-5-10-15-13-18-16-11-6-8-14-9-7-12-17(19(14)16)20(18)21-15/h6-9,11-13H,2-5,10H2,1H3. The molecule has 106 valence electrons. The van der Waals surface area contributed by atoms with E-state index in [0.717, 1.165) is 0 Å². The average molecular weight is 292 g/mol. The summed E-state index contributed by atoms with van der Waals surface area (Å²) in [4.78, 5) is 3.05. The first-order chi connectivity index (χ1) is 10.4. The second kappa shape index (κ2) is 5.31. The summed E-state index contributed by atoms with van der Waals surface area (Å²) in [5, 5.41) is 2.83. The summed E-state index contributed by atoms with van der Waals surface area (Å²) in [5.74, 6) is 0. The van der Waals surface area contributed by atoms with Crippen LogP contribution in [0.25, 0.3) is 32.3 Å². The van der Waals surface area contributed by atoms with E-state index >= 15 is 0 Å². The predicted molar refractivity (Wildman–Crippen MR) is 94.1 cm³/mol. The van der Waals surface area contributed by atoms with Crippen molar-refractivity contribution in [2.75, 3.05) is 0 Å². The fourth-order valence-electron chi connectivity index (χ4n) is 3.45. The zero-order chi connectivity index (χ0) is 14.2. The van der Waals surface area contributed by atoms with Crippen LogP contribution in [0.4, 0.5) is 0 Å². The molecule has 0 fully saturated rings. The fourth-order valence-corrected chi connectivity index (χ4v) is 4.69. The lowest BCUT2D eigenvalue weighted by atomic mass is 10.0. The Kier molecular flexibility index (Phi) is 3.31. The summed E-state index contributed by atoms with van der Waals surface area (Å²) >= 11 is 2.01. The maximum Gasteiger partial charge on any atom is 0.0430 e. The normalized spacial score (nSPS) is 12.0. The van der Waals surface area contributed by atoms with Crippen molar-refractivity contribution in [1.29, 1.82) is 0 Å². The third kappa shape index (κ3) is 2.11. The van der Waals surface area contributed by atoms with Gasteiger partial charge in [-0.1, -0.05) is 62.6 Å². The van der Waals surface area contributed by atoms with Crippen LogP contribution in [-0.2, 0) is 6.42 Å². The van der Waals surface area contributed by atoms with E-state index in [-0.39, 0.29) is 0 Å². The van der Waals surface area contributed by atoms with Crippen molar-refractivity contribution in [2.24, 2.45) is 0 Å². The molecule has 0 spiro atoms. The van der Waals surface area contributed by atoms with Crippen LogP contribution in [0.2, 0.25) is 0 Å². The zero-order valence-electron chi connectivity index (χ0n) is 12.5. The van der Waals surface area contributed by atoms with Crippen LogP contribution < -0.4 is 0 Å². The Labute approximate surface area is 130 Å². The highest BCUT2D eigenvalue weighted by atomic mass is 32.1. The van der Waals surface area contributed by atoms with E-state index in [1.165, 1.54) is 64.4 Å². The smallest absolute Gasteiger partial charge is 0.0430 e. The molecule has 1 aliphatic rings. The van der Waals surface area contributed by atoms with Gasteiger partial charge in [-0.05, 0) is 35.2 Å². The number of unbranched alkanes of at least 4 members (excludes halogenated alkanes) is 3. The Bertz CT molecular complexity index is 738. The molecule has 4 rings (SSSR count). The highest BCUT2D eigenvalue weighted by Crippen LogP contribution is 2.51. The van der Waals surface area contributed by atoms with E-state index in [1.54, 1.807) is 4.88 Å². The molecule has 1 heterocycles. The van der Waals surface area contributed by atoms with Crippen LogP contribution in [-0.4, -0.2) is 0 Å². The quantitative estimate of drug-likeness (QED) is 0.360. The minimum Gasteiger partial charge on any atom is -0.140 e. The van der Waals surface area contributed by atoms with Gasteiger partial charge in [0.2, 0.25) is 0 Å². The van der Waals surface area contributed by atoms with Gasteiger partial charge >= 0.3 is 0 Å². The van der Waals surface area contributed by atoms with Gasteiger partial charge in [-0.3, -0.25) is 0 Å². The third-order valence-electron chi connectivity index (χ3n) is 4.50. The monoisotopic (exact) mass is 292 g/mol. The van der Waals surface area contributed by atoms with Crippen LogP contribution >= 0.6 is 11.3 Å². The van der Waals surface area contributed by atoms with Gasteiger partial charge in [-0.25, -0.2) is 0 Å². The molecular formula is C20H20S. The van der Waals surface area contributed by atoms with Gasteiger partial charge in [-0.2, -0.15) is 0 Å². The van der Waals surface area contributed by atoms with Gasteiger partial charge in [0.15, 0.2) is 0 Å². The molecule has 0 saturated carbocycles. The van der Waals surface area contributed by atoms with E-state index < -0.39 is 0 Å². The Hall–Kier alpha value is -1.60. The van der Waals surface area contributed by atoms with Crippen LogP contribution in [0.15, 0.2) is 42.5 Å². The number of rotatable bonds is 5. The summed E-state index contributed by atoms with van der Waals surface area (Å²) in [6, 6.07) is 15.8. The van der Waals surface area contributed by atoms with Gasteiger partial charge in [0, 0.05) is 20.9 Å². The molecule has 1 aliphatic carbocycles. The molecule has 0 radical (unpaired) electrons. The Morgan fingerprint density at radius 2 is 1.67 bits per heavy atom. The van der Waals surface area contributed by atoms with Crippen molar-refractivity contribution in [1.82, 2.24) is 0 Å². The number of thiophene rings is 1. The van der Waals surface area contributed by atoms with Crippen molar-refractivity contribution in [3.8, 4) is 21.6 Å². The summed E-state index contributed by atoms with van der Waals surface area (Å²) in [6.45, 7) is 2.28. The predicted octanol–water partition coefficient (Wildman–Crippen LogP) is 6.67. The molecule has 1 heteroatoms. The lowest BCUT2D eigenvalue weighted by Crippen LogP contribution is -1.81. The zero-order valence-corrected chi connectivity index (χ0v) is 13.3. The Morgan fingerprint density at radius 3 is 2.48 bits per heavy atom. The molecule has 0 nitrogen and oxygen atoms in total. The van der Waals surface area contributed by atoms with Gasteiger partial charge < -0.3 is 0 Å². The van der Waals surface area contributed by atoms with Crippen molar-refractivity contribution >= 4 is 22.1 Å². The van der Waals surface area contributed by atoms with E-state index in [0.29, 0.717) is 0 Å². The fraction of sp³-hybridized carbons (Fsp3) is 0.300. The largest absolute Gasteiger partial charge is 0.140 e. The van der Waals surface area contributed by atoms with Gasteiger partial charge in [-0.15, -0.1) is 11.3 Å². The molecule has 0 atom stereocenters. The number of benzene rings is 2. The molecule has 0 bridgehead atoms. The van der Waals surface area contributed by atoms with E-state index in [4.69, 9.17) is 0 Å². The molecule has 0 aliphatic heterocycles. The molecule has 0 amide bonds. The molecule has 21 heavy (non-hydrogen) atoms. The van der Waals surface area contributed by atoms with Crippen molar-refractivity contribution in [2.45, 2.75) is 39.0 Å². The minimum atomic E-state index is 1.25. The molecule has 0 unspecified atom stereocenters. The number of aryl methyl sites for hydroxylation is 1. The summed E-state index contributed by atoms with van der Waals surface area (Å²) < 4.78 is 0. The summed E-state index contributed by atoms with van der Waals surface area (Å²) in [7, 11) is 0. The Morgan fingerprint density at radius 1 is 0.857 bits per heavy atom. The lowest BCUT2D eigenvalue weighted by molar-refractivity contribution is 0.670. The number of fused-ring (bicyclic) bond motifs is 3. The van der Waals surface area contributed by atoms with E-state index in [2.05, 4.69) is 49.4 Å². The molecule has 1 aromatic heterocycles. The average Bonchev–Trinajstić information content (AvgIpc) is 3.05. The topological polar surface area (TPSA) is 0 Å². The SMILES string of the molecule is CCCCCCc1cc2c(s1)-c1cccc3cccc-2c13. The van der Waals surface area contributed by atoms with Crippen molar-refractivity contribution in [3.05, 3.63) is 47.3 Å². The third-order valence-corrected chi connectivity index (χ3v) is 5.73. The second-order valence-corrected chi connectivity index (χ2v) is 7.11. The summed E-state index contributed by atoms with van der Waals surface area (Å²) in [5.41, 5.74) is 4.36. The second-order valence-electron chi connectivity index (χ2n) is 5.98. The summed E-state index contributed by atoms with van der Waals surface area (Å²) in [6.07, 6.45) is 6.63. The minimum absolute atomic E-state index is 1.25. The molecule has 0 N–H and O–H groups in total.